The third-order valence-electron chi connectivity index (χ3n) is 6.47. The number of hydrogen-bond acceptors (Lipinski definition) is 4. The first-order valence-electron chi connectivity index (χ1n) is 10.8. The molecule has 4 nitrogen and oxygen atoms in total. The first-order chi connectivity index (χ1) is 12.7. The van der Waals surface area contributed by atoms with Crippen molar-refractivity contribution in [3.8, 4) is 0 Å². The van der Waals surface area contributed by atoms with E-state index in [-0.39, 0.29) is 17.7 Å². The molecule has 0 amide bonds. The van der Waals surface area contributed by atoms with E-state index in [4.69, 9.17) is 4.74 Å². The van der Waals surface area contributed by atoms with E-state index in [0.29, 0.717) is 5.92 Å². The summed E-state index contributed by atoms with van der Waals surface area (Å²) in [7, 11) is 4.31. The van der Waals surface area contributed by atoms with Crippen molar-refractivity contribution in [2.45, 2.75) is 78.0 Å². The molecule has 4 heteroatoms. The van der Waals surface area contributed by atoms with Gasteiger partial charge in [-0.25, -0.2) is 0 Å². The van der Waals surface area contributed by atoms with Crippen molar-refractivity contribution in [1.82, 2.24) is 9.80 Å². The highest BCUT2D eigenvalue weighted by atomic mass is 16.5. The zero-order valence-electron chi connectivity index (χ0n) is 18.3. The first-order valence-corrected chi connectivity index (χ1v) is 10.8. The molecule has 0 aromatic carbocycles. The average molecular weight is 379 g/mol. The molecule has 27 heavy (non-hydrogen) atoms. The van der Waals surface area contributed by atoms with Crippen LogP contribution in [-0.4, -0.2) is 61.0 Å². The van der Waals surface area contributed by atoms with Gasteiger partial charge in [0.25, 0.3) is 0 Å². The molecule has 2 rings (SSSR count). The predicted octanol–water partition coefficient (Wildman–Crippen LogP) is 4.41. The second-order valence-electron chi connectivity index (χ2n) is 9.38. The fraction of sp³-hybridized carbons (Fsp3) is 0.826. The van der Waals surface area contributed by atoms with Crippen LogP contribution >= 0.6 is 0 Å². The topological polar surface area (TPSA) is 35.9 Å². The highest BCUT2D eigenvalue weighted by molar-refractivity contribution is 5.32. The number of aliphatic hydroxyl groups excluding tert-OH is 1. The van der Waals surface area contributed by atoms with Crippen LogP contribution in [0.3, 0.4) is 0 Å². The molecule has 0 spiro atoms. The molecule has 1 aliphatic carbocycles. The Hall–Kier alpha value is -0.840. The summed E-state index contributed by atoms with van der Waals surface area (Å²) in [5.74, 6) is 0.370. The van der Waals surface area contributed by atoms with Gasteiger partial charge >= 0.3 is 0 Å². The molecule has 2 unspecified atom stereocenters. The molecule has 1 heterocycles. The molecule has 2 aliphatic rings. The molecule has 1 aliphatic heterocycles. The lowest BCUT2D eigenvalue weighted by Crippen LogP contribution is -2.38. The minimum atomic E-state index is -0.248. The molecule has 0 aromatic heterocycles. The van der Waals surface area contributed by atoms with Crippen molar-refractivity contribution >= 4 is 0 Å². The highest BCUT2D eigenvalue weighted by Gasteiger charge is 2.36. The Kier molecular flexibility index (Phi) is 8.39. The first kappa shape index (κ1) is 22.4. The van der Waals surface area contributed by atoms with Gasteiger partial charge in [-0.15, -0.1) is 0 Å². The third-order valence-corrected chi connectivity index (χ3v) is 6.47. The smallest absolute Gasteiger partial charge is 0.129 e. The lowest BCUT2D eigenvalue weighted by Gasteiger charge is -2.40. The third kappa shape index (κ3) is 6.33. The summed E-state index contributed by atoms with van der Waals surface area (Å²) in [6.07, 6.45) is 9.82. The van der Waals surface area contributed by atoms with Crippen molar-refractivity contribution in [2.24, 2.45) is 11.3 Å². The van der Waals surface area contributed by atoms with E-state index in [1.807, 2.05) is 0 Å². The van der Waals surface area contributed by atoms with Gasteiger partial charge < -0.3 is 19.6 Å². The second-order valence-corrected chi connectivity index (χ2v) is 9.38. The van der Waals surface area contributed by atoms with Crippen LogP contribution in [0.25, 0.3) is 0 Å². The fourth-order valence-electron chi connectivity index (χ4n) is 4.35. The Bertz CT molecular complexity index is 509. The van der Waals surface area contributed by atoms with Gasteiger partial charge in [0.05, 0.1) is 6.10 Å². The maximum absolute atomic E-state index is 10.6. The maximum atomic E-state index is 10.6. The van der Waals surface area contributed by atoms with Crippen LogP contribution in [-0.2, 0) is 4.74 Å². The van der Waals surface area contributed by atoms with Crippen LogP contribution in [0.2, 0.25) is 0 Å². The minimum absolute atomic E-state index is 0.0202. The highest BCUT2D eigenvalue weighted by Crippen LogP contribution is 2.42. The van der Waals surface area contributed by atoms with Crippen molar-refractivity contribution in [3.63, 3.8) is 0 Å². The monoisotopic (exact) mass is 378 g/mol. The van der Waals surface area contributed by atoms with Crippen LogP contribution in [0.4, 0.5) is 0 Å². The zero-order valence-corrected chi connectivity index (χ0v) is 18.3. The summed E-state index contributed by atoms with van der Waals surface area (Å²) in [4.78, 5) is 4.61. The van der Waals surface area contributed by atoms with Crippen LogP contribution in [0, 0.1) is 11.3 Å². The van der Waals surface area contributed by atoms with E-state index in [1.54, 1.807) is 0 Å². The lowest BCUT2D eigenvalue weighted by molar-refractivity contribution is -0.0563. The van der Waals surface area contributed by atoms with Crippen LogP contribution < -0.4 is 0 Å². The maximum Gasteiger partial charge on any atom is 0.129 e. The molecule has 2 fully saturated rings. The largest absolute Gasteiger partial charge is 0.393 e. The van der Waals surface area contributed by atoms with E-state index in [1.165, 1.54) is 24.0 Å². The predicted molar refractivity (Wildman–Crippen MR) is 113 cm³/mol. The number of nitrogens with zero attached hydrogens (tertiary/aromatic N) is 2. The van der Waals surface area contributed by atoms with E-state index in [0.717, 1.165) is 51.8 Å². The Balaban J connectivity index is 2.13. The lowest BCUT2D eigenvalue weighted by atomic mass is 9.68. The van der Waals surface area contributed by atoms with Gasteiger partial charge in [-0.05, 0) is 81.0 Å². The summed E-state index contributed by atoms with van der Waals surface area (Å²) in [5, 5.41) is 10.6. The Labute approximate surface area is 167 Å². The van der Waals surface area contributed by atoms with E-state index in [2.05, 4.69) is 57.4 Å². The summed E-state index contributed by atoms with van der Waals surface area (Å²) in [5.41, 5.74) is 2.52. The van der Waals surface area contributed by atoms with Gasteiger partial charge in [0.1, 0.15) is 6.23 Å². The van der Waals surface area contributed by atoms with Gasteiger partial charge in [0.2, 0.25) is 0 Å². The van der Waals surface area contributed by atoms with Gasteiger partial charge in [0.15, 0.2) is 0 Å². The van der Waals surface area contributed by atoms with E-state index >= 15 is 0 Å². The average Bonchev–Trinajstić information content (AvgIpc) is 2.63. The SMILES string of the molecule is C=C(/C(=C\N(C)C1CCCCO1)CN(C)CCC)C1CCC(C)(C)[C@H](O)C1. The molecule has 1 N–H and O–H groups in total. The van der Waals surface area contributed by atoms with Crippen molar-refractivity contribution in [2.75, 3.05) is 33.8 Å². The van der Waals surface area contributed by atoms with Gasteiger partial charge in [-0.2, -0.15) is 0 Å². The molecule has 0 aromatic rings. The minimum Gasteiger partial charge on any atom is -0.393 e. The number of rotatable bonds is 8. The Morgan fingerprint density at radius 2 is 2.00 bits per heavy atom. The number of hydrogen-bond donors (Lipinski definition) is 1. The summed E-state index contributed by atoms with van der Waals surface area (Å²) < 4.78 is 5.96. The second kappa shape index (κ2) is 10.1. The van der Waals surface area contributed by atoms with Crippen LogP contribution in [0.15, 0.2) is 23.9 Å². The van der Waals surface area contributed by atoms with Crippen molar-refractivity contribution in [1.29, 1.82) is 0 Å². The standard InChI is InChI=1S/C23H42N2O2/c1-7-13-24(5)16-20(17-25(6)22-10-8-9-14-27-22)18(2)19-11-12-23(3,4)21(26)15-19/h17,19,21-22,26H,2,7-16H2,1,3-6H3/b20-17-/t19?,21-,22?/m1/s1. The molecule has 0 radical (unpaired) electrons. The number of likely N-dealkylation sites (N-methyl/N-ethyl adjacent to an activating group) is 1. The summed E-state index contributed by atoms with van der Waals surface area (Å²) >= 11 is 0. The van der Waals surface area contributed by atoms with Gasteiger partial charge in [-0.3, -0.25) is 0 Å². The number of aliphatic hydroxyl groups is 1. The van der Waals surface area contributed by atoms with Gasteiger partial charge in [0, 0.05) is 26.4 Å². The molecular weight excluding hydrogens is 336 g/mol. The molecule has 0 bridgehead atoms. The summed E-state index contributed by atoms with van der Waals surface area (Å²) in [6, 6.07) is 0. The Morgan fingerprint density at radius 1 is 1.26 bits per heavy atom. The summed E-state index contributed by atoms with van der Waals surface area (Å²) in [6.45, 7) is 13.9. The van der Waals surface area contributed by atoms with Crippen molar-refractivity contribution in [3.05, 3.63) is 23.9 Å². The molecule has 1 saturated heterocycles. The zero-order chi connectivity index (χ0) is 20.0. The quantitative estimate of drug-likeness (QED) is 0.635. The molecule has 156 valence electrons. The fourth-order valence-corrected chi connectivity index (χ4v) is 4.35. The molecule has 1 saturated carbocycles. The Morgan fingerprint density at radius 3 is 2.59 bits per heavy atom. The van der Waals surface area contributed by atoms with Gasteiger partial charge in [-0.1, -0.05) is 27.4 Å². The molecule has 3 atom stereocenters. The number of ether oxygens (including phenoxy) is 1. The normalized spacial score (nSPS) is 29.0. The molecular formula is C23H42N2O2. The van der Waals surface area contributed by atoms with Crippen LogP contribution in [0.5, 0.6) is 0 Å². The van der Waals surface area contributed by atoms with Crippen LogP contribution in [0.1, 0.15) is 65.7 Å². The van der Waals surface area contributed by atoms with E-state index < -0.39 is 0 Å². The van der Waals surface area contributed by atoms with E-state index in [9.17, 15) is 5.11 Å². The van der Waals surface area contributed by atoms with Crippen molar-refractivity contribution < 1.29 is 9.84 Å².